The van der Waals surface area contributed by atoms with Crippen LogP contribution in [0.25, 0.3) is 0 Å². The van der Waals surface area contributed by atoms with Crippen molar-refractivity contribution in [3.05, 3.63) is 0 Å². The second kappa shape index (κ2) is 4.63. The lowest BCUT2D eigenvalue weighted by atomic mass is 9.58. The lowest BCUT2D eigenvalue weighted by molar-refractivity contribution is -0.210. The standard InChI is InChI=1S/C13H25NO2/c1-4-16-12-9-11(15)13(12)5-7-14(8-6-13)10(2)3/h10-12,15H,4-9H2,1-3H3. The Morgan fingerprint density at radius 2 is 2.00 bits per heavy atom. The summed E-state index contributed by atoms with van der Waals surface area (Å²) in [7, 11) is 0. The highest BCUT2D eigenvalue weighted by molar-refractivity contribution is 5.06. The van der Waals surface area contributed by atoms with Gasteiger partial charge in [-0.15, -0.1) is 0 Å². The van der Waals surface area contributed by atoms with Crippen LogP contribution in [0.3, 0.4) is 0 Å². The van der Waals surface area contributed by atoms with Crippen LogP contribution in [0.1, 0.15) is 40.0 Å². The predicted molar refractivity (Wildman–Crippen MR) is 64.4 cm³/mol. The van der Waals surface area contributed by atoms with Gasteiger partial charge in [0.25, 0.3) is 0 Å². The molecule has 16 heavy (non-hydrogen) atoms. The van der Waals surface area contributed by atoms with Crippen molar-refractivity contribution in [1.29, 1.82) is 0 Å². The molecule has 0 amide bonds. The summed E-state index contributed by atoms with van der Waals surface area (Å²) in [4.78, 5) is 2.50. The van der Waals surface area contributed by atoms with Gasteiger partial charge in [0.05, 0.1) is 12.2 Å². The lowest BCUT2D eigenvalue weighted by Crippen LogP contribution is -2.62. The van der Waals surface area contributed by atoms with E-state index in [2.05, 4.69) is 18.7 Å². The summed E-state index contributed by atoms with van der Waals surface area (Å²) in [5, 5.41) is 10.0. The average Bonchev–Trinajstić information content (AvgIpc) is 2.29. The van der Waals surface area contributed by atoms with E-state index in [4.69, 9.17) is 4.74 Å². The molecule has 2 fully saturated rings. The number of hydrogen-bond acceptors (Lipinski definition) is 3. The number of piperidine rings is 1. The van der Waals surface area contributed by atoms with Crippen molar-refractivity contribution < 1.29 is 9.84 Å². The van der Waals surface area contributed by atoms with Crippen molar-refractivity contribution in [2.75, 3.05) is 19.7 Å². The molecule has 0 aromatic rings. The van der Waals surface area contributed by atoms with Gasteiger partial charge in [-0.25, -0.2) is 0 Å². The van der Waals surface area contributed by atoms with Gasteiger partial charge in [0.15, 0.2) is 0 Å². The second-order valence-electron chi connectivity index (χ2n) is 5.56. The van der Waals surface area contributed by atoms with E-state index in [1.54, 1.807) is 0 Å². The Balaban J connectivity index is 1.94. The Labute approximate surface area is 98.8 Å². The molecular formula is C13H25NO2. The minimum absolute atomic E-state index is 0.0847. The van der Waals surface area contributed by atoms with Crippen molar-refractivity contribution >= 4 is 0 Å². The van der Waals surface area contributed by atoms with E-state index in [9.17, 15) is 5.11 Å². The minimum atomic E-state index is -0.127. The van der Waals surface area contributed by atoms with Crippen molar-refractivity contribution in [2.24, 2.45) is 5.41 Å². The van der Waals surface area contributed by atoms with Gasteiger partial charge in [-0.3, -0.25) is 0 Å². The molecule has 3 nitrogen and oxygen atoms in total. The Hall–Kier alpha value is -0.120. The van der Waals surface area contributed by atoms with E-state index in [0.29, 0.717) is 12.1 Å². The molecular weight excluding hydrogens is 202 g/mol. The van der Waals surface area contributed by atoms with E-state index in [-0.39, 0.29) is 11.5 Å². The zero-order valence-corrected chi connectivity index (χ0v) is 10.8. The van der Waals surface area contributed by atoms with Gasteiger partial charge < -0.3 is 14.7 Å². The van der Waals surface area contributed by atoms with E-state index in [1.165, 1.54) is 0 Å². The van der Waals surface area contributed by atoms with Crippen LogP contribution in [0, 0.1) is 5.41 Å². The van der Waals surface area contributed by atoms with Crippen LogP contribution >= 0.6 is 0 Å². The fourth-order valence-corrected chi connectivity index (χ4v) is 3.27. The van der Waals surface area contributed by atoms with Gasteiger partial charge in [0, 0.05) is 24.5 Å². The van der Waals surface area contributed by atoms with E-state index < -0.39 is 0 Å². The number of aliphatic hydroxyl groups excluding tert-OH is 1. The third-order valence-corrected chi connectivity index (χ3v) is 4.57. The molecule has 1 saturated heterocycles. The van der Waals surface area contributed by atoms with E-state index in [1.807, 2.05) is 6.92 Å². The average molecular weight is 227 g/mol. The van der Waals surface area contributed by atoms with Crippen LogP contribution in [0.2, 0.25) is 0 Å². The predicted octanol–water partition coefficient (Wildman–Crippen LogP) is 1.65. The first-order valence-corrected chi connectivity index (χ1v) is 6.64. The highest BCUT2D eigenvalue weighted by Crippen LogP contribution is 2.51. The number of nitrogens with zero attached hydrogens (tertiary/aromatic N) is 1. The first-order chi connectivity index (χ1) is 7.60. The van der Waals surface area contributed by atoms with Crippen molar-refractivity contribution in [3.8, 4) is 0 Å². The molecule has 0 bridgehead atoms. The maximum Gasteiger partial charge on any atom is 0.0681 e. The zero-order chi connectivity index (χ0) is 11.8. The third-order valence-electron chi connectivity index (χ3n) is 4.57. The van der Waals surface area contributed by atoms with Gasteiger partial charge in [0.1, 0.15) is 0 Å². The normalized spacial score (nSPS) is 34.3. The van der Waals surface area contributed by atoms with Crippen molar-refractivity contribution in [2.45, 2.75) is 58.3 Å². The molecule has 0 aromatic carbocycles. The lowest BCUT2D eigenvalue weighted by Gasteiger charge is -2.57. The number of ether oxygens (including phenoxy) is 1. The summed E-state index contributed by atoms with van der Waals surface area (Å²) < 4.78 is 5.76. The summed E-state index contributed by atoms with van der Waals surface area (Å²) in [5.74, 6) is 0. The number of hydrogen-bond donors (Lipinski definition) is 1. The molecule has 94 valence electrons. The summed E-state index contributed by atoms with van der Waals surface area (Å²) in [6.45, 7) is 9.52. The molecule has 1 aliphatic carbocycles. The molecule has 2 atom stereocenters. The molecule has 1 saturated carbocycles. The van der Waals surface area contributed by atoms with E-state index >= 15 is 0 Å². The van der Waals surface area contributed by atoms with Crippen LogP contribution in [-0.2, 0) is 4.74 Å². The number of likely N-dealkylation sites (tertiary alicyclic amines) is 1. The van der Waals surface area contributed by atoms with Crippen LogP contribution < -0.4 is 0 Å². The minimum Gasteiger partial charge on any atom is -0.392 e. The zero-order valence-electron chi connectivity index (χ0n) is 10.8. The van der Waals surface area contributed by atoms with Gasteiger partial charge in [0.2, 0.25) is 0 Å². The van der Waals surface area contributed by atoms with Gasteiger partial charge in [-0.2, -0.15) is 0 Å². The summed E-state index contributed by atoms with van der Waals surface area (Å²) in [6.07, 6.45) is 3.21. The van der Waals surface area contributed by atoms with Crippen LogP contribution in [0.5, 0.6) is 0 Å². The van der Waals surface area contributed by atoms with Gasteiger partial charge in [-0.1, -0.05) is 0 Å². The Bertz CT molecular complexity index is 232. The SMILES string of the molecule is CCOC1CC(O)C12CCN(C(C)C)CC2. The molecule has 1 heterocycles. The smallest absolute Gasteiger partial charge is 0.0681 e. The van der Waals surface area contributed by atoms with Crippen molar-refractivity contribution in [3.63, 3.8) is 0 Å². The van der Waals surface area contributed by atoms with Crippen LogP contribution in [0.15, 0.2) is 0 Å². The molecule has 1 N–H and O–H groups in total. The Morgan fingerprint density at radius 1 is 1.38 bits per heavy atom. The number of aliphatic hydroxyl groups is 1. The molecule has 0 aromatic heterocycles. The summed E-state index contributed by atoms with van der Waals surface area (Å²) in [6, 6.07) is 0.625. The molecule has 3 heteroatoms. The molecule has 0 radical (unpaired) electrons. The molecule has 2 aliphatic rings. The second-order valence-corrected chi connectivity index (χ2v) is 5.56. The largest absolute Gasteiger partial charge is 0.392 e. The van der Waals surface area contributed by atoms with Crippen LogP contribution in [-0.4, -0.2) is 48.0 Å². The highest BCUT2D eigenvalue weighted by atomic mass is 16.5. The third kappa shape index (κ3) is 1.89. The molecule has 2 rings (SSSR count). The highest BCUT2D eigenvalue weighted by Gasteiger charge is 2.55. The molecule has 1 aliphatic heterocycles. The van der Waals surface area contributed by atoms with E-state index in [0.717, 1.165) is 39.0 Å². The summed E-state index contributed by atoms with van der Waals surface area (Å²) >= 11 is 0. The fraction of sp³-hybridized carbons (Fsp3) is 1.00. The molecule has 1 spiro atoms. The Morgan fingerprint density at radius 3 is 2.44 bits per heavy atom. The maximum atomic E-state index is 10.0. The topological polar surface area (TPSA) is 32.7 Å². The fourth-order valence-electron chi connectivity index (χ4n) is 3.27. The first-order valence-electron chi connectivity index (χ1n) is 6.64. The van der Waals surface area contributed by atoms with Crippen LogP contribution in [0.4, 0.5) is 0 Å². The molecule has 2 unspecified atom stereocenters. The number of rotatable bonds is 3. The van der Waals surface area contributed by atoms with Gasteiger partial charge in [-0.05, 0) is 46.7 Å². The quantitative estimate of drug-likeness (QED) is 0.795. The Kier molecular flexibility index (Phi) is 3.57. The maximum absolute atomic E-state index is 10.0. The first kappa shape index (κ1) is 12.3. The summed E-state index contributed by atoms with van der Waals surface area (Å²) in [5.41, 5.74) is 0.0847. The van der Waals surface area contributed by atoms with Gasteiger partial charge >= 0.3 is 0 Å². The van der Waals surface area contributed by atoms with Crippen molar-refractivity contribution in [1.82, 2.24) is 4.90 Å². The monoisotopic (exact) mass is 227 g/mol.